The Morgan fingerprint density at radius 1 is 1.25 bits per heavy atom. The van der Waals surface area contributed by atoms with E-state index in [1.807, 2.05) is 24.3 Å². The summed E-state index contributed by atoms with van der Waals surface area (Å²) >= 11 is 0. The summed E-state index contributed by atoms with van der Waals surface area (Å²) in [5.74, 6) is -0.0401. The number of carboxylic acids is 1. The molecule has 20 heavy (non-hydrogen) atoms. The van der Waals surface area contributed by atoms with Gasteiger partial charge < -0.3 is 9.84 Å². The molecule has 1 N–H and O–H groups in total. The molecule has 102 valence electrons. The number of fused-ring (bicyclic) bond motifs is 1. The highest BCUT2D eigenvalue weighted by molar-refractivity contribution is 5.80. The Hall–Kier alpha value is -2.55. The fourth-order valence-corrected chi connectivity index (χ4v) is 1.86. The fourth-order valence-electron chi connectivity index (χ4n) is 1.86. The van der Waals surface area contributed by atoms with Crippen LogP contribution in [-0.4, -0.2) is 17.7 Å². The maximum Gasteiger partial charge on any atom is 0.328 e. The Bertz CT molecular complexity index is 619. The lowest BCUT2D eigenvalue weighted by atomic mass is 10.0. The highest BCUT2D eigenvalue weighted by atomic mass is 16.5. The number of rotatable bonds is 4. The van der Waals surface area contributed by atoms with Crippen LogP contribution in [0.15, 0.2) is 60.2 Å². The molecule has 1 aromatic rings. The molecule has 0 aromatic heterocycles. The second kappa shape index (κ2) is 6.57. The second-order valence-corrected chi connectivity index (χ2v) is 4.49. The summed E-state index contributed by atoms with van der Waals surface area (Å²) in [6.07, 6.45) is 11.9. The lowest BCUT2D eigenvalue weighted by Crippen LogP contribution is -2.05. The smallest absolute Gasteiger partial charge is 0.328 e. The van der Waals surface area contributed by atoms with Gasteiger partial charge in [-0.25, -0.2) is 4.79 Å². The van der Waals surface area contributed by atoms with E-state index in [0.717, 1.165) is 23.0 Å². The summed E-state index contributed by atoms with van der Waals surface area (Å²) in [5.41, 5.74) is 3.37. The van der Waals surface area contributed by atoms with E-state index < -0.39 is 5.97 Å². The minimum absolute atomic E-state index is 0.547. The fraction of sp³-hybridized carbons (Fsp3) is 0.118. The summed E-state index contributed by atoms with van der Waals surface area (Å²) in [7, 11) is 0. The van der Waals surface area contributed by atoms with E-state index in [0.29, 0.717) is 6.61 Å². The number of allylic oxidation sites excluding steroid dienone is 4. The van der Waals surface area contributed by atoms with Crippen molar-refractivity contribution in [3.8, 4) is 5.75 Å². The predicted octanol–water partition coefficient (Wildman–Crippen LogP) is 3.52. The van der Waals surface area contributed by atoms with E-state index in [2.05, 4.69) is 19.1 Å². The Morgan fingerprint density at radius 2 is 2.05 bits per heavy atom. The Kier molecular flexibility index (Phi) is 4.56. The molecule has 0 amide bonds. The molecule has 0 unspecified atom stereocenters. The summed E-state index contributed by atoms with van der Waals surface area (Å²) in [6, 6.07) is 6.11. The lowest BCUT2D eigenvalue weighted by molar-refractivity contribution is -0.131. The van der Waals surface area contributed by atoms with Crippen LogP contribution in [0.4, 0.5) is 0 Å². The molecule has 1 aliphatic rings. The number of aliphatic carboxylic acids is 1. The number of carbonyl (C=O) groups is 1. The van der Waals surface area contributed by atoms with E-state index >= 15 is 0 Å². The molecule has 0 saturated carbocycles. The molecule has 0 atom stereocenters. The Balaban J connectivity index is 2.02. The molecular weight excluding hydrogens is 252 g/mol. The average Bonchev–Trinajstić information content (AvgIpc) is 2.42. The topological polar surface area (TPSA) is 46.5 Å². The zero-order valence-corrected chi connectivity index (χ0v) is 11.2. The second-order valence-electron chi connectivity index (χ2n) is 4.49. The molecule has 3 nitrogen and oxygen atoms in total. The van der Waals surface area contributed by atoms with Gasteiger partial charge in [0.05, 0.1) is 0 Å². The molecule has 1 heterocycles. The van der Waals surface area contributed by atoms with Gasteiger partial charge in [-0.2, -0.15) is 0 Å². The zero-order valence-electron chi connectivity index (χ0n) is 11.2. The molecular formula is C17H16O3. The molecule has 0 spiro atoms. The van der Waals surface area contributed by atoms with Crippen molar-refractivity contribution in [2.24, 2.45) is 0 Å². The number of carboxylic acid groups (broad SMARTS) is 1. The highest BCUT2D eigenvalue weighted by Gasteiger charge is 2.08. The van der Waals surface area contributed by atoms with Crippen LogP contribution in [0.5, 0.6) is 5.75 Å². The van der Waals surface area contributed by atoms with Crippen LogP contribution in [0.2, 0.25) is 0 Å². The van der Waals surface area contributed by atoms with E-state index in [1.165, 1.54) is 11.6 Å². The van der Waals surface area contributed by atoms with Crippen LogP contribution in [0.3, 0.4) is 0 Å². The normalized spacial score (nSPS) is 14.6. The first-order valence-electron chi connectivity index (χ1n) is 6.33. The summed E-state index contributed by atoms with van der Waals surface area (Å²) < 4.78 is 5.67. The third-order valence-corrected chi connectivity index (χ3v) is 2.78. The van der Waals surface area contributed by atoms with Crippen LogP contribution in [0, 0.1) is 6.92 Å². The molecule has 0 radical (unpaired) electrons. The first-order valence-corrected chi connectivity index (χ1v) is 6.33. The Labute approximate surface area is 118 Å². The van der Waals surface area contributed by atoms with Crippen LogP contribution in [0.1, 0.15) is 11.1 Å². The largest absolute Gasteiger partial charge is 0.488 e. The van der Waals surface area contributed by atoms with Gasteiger partial charge in [0.15, 0.2) is 0 Å². The molecule has 3 heteroatoms. The lowest BCUT2D eigenvalue weighted by Gasteiger charge is -2.16. The number of hydrogen-bond donors (Lipinski definition) is 1. The monoisotopic (exact) mass is 268 g/mol. The first-order chi connectivity index (χ1) is 9.65. The molecule has 1 aromatic carbocycles. The van der Waals surface area contributed by atoms with Gasteiger partial charge in [0.25, 0.3) is 0 Å². The van der Waals surface area contributed by atoms with Crippen molar-refractivity contribution in [1.29, 1.82) is 0 Å². The van der Waals surface area contributed by atoms with Gasteiger partial charge in [-0.05, 0) is 30.7 Å². The van der Waals surface area contributed by atoms with Crippen LogP contribution < -0.4 is 4.74 Å². The SMILES string of the molecule is Cc1ccc2c(c1)C=C(/C=C/C=C/C=C/C(=O)O)CO2. The quantitative estimate of drug-likeness (QED) is 0.671. The van der Waals surface area contributed by atoms with Crippen LogP contribution >= 0.6 is 0 Å². The number of aryl methyl sites for hydroxylation is 1. The standard InChI is InChI=1S/C17H16O3/c1-13-8-9-16-15(10-13)11-14(12-20-16)6-4-2-3-5-7-17(18)19/h2-11H,12H2,1H3,(H,18,19)/b3-2+,6-4+,7-5+. The molecule has 0 saturated heterocycles. The van der Waals surface area contributed by atoms with E-state index in [9.17, 15) is 4.79 Å². The molecule has 0 aliphatic carbocycles. The minimum atomic E-state index is -0.950. The maximum absolute atomic E-state index is 10.3. The van der Waals surface area contributed by atoms with Gasteiger partial charge >= 0.3 is 5.97 Å². The molecule has 0 bridgehead atoms. The average molecular weight is 268 g/mol. The van der Waals surface area contributed by atoms with Crippen LogP contribution in [0.25, 0.3) is 6.08 Å². The summed E-state index contributed by atoms with van der Waals surface area (Å²) in [4.78, 5) is 10.3. The van der Waals surface area contributed by atoms with Crippen molar-refractivity contribution in [3.63, 3.8) is 0 Å². The zero-order chi connectivity index (χ0) is 14.4. The summed E-state index contributed by atoms with van der Waals surface area (Å²) in [6.45, 7) is 2.60. The van der Waals surface area contributed by atoms with Gasteiger partial charge in [0.1, 0.15) is 12.4 Å². The molecule has 0 fully saturated rings. The highest BCUT2D eigenvalue weighted by Crippen LogP contribution is 2.27. The van der Waals surface area contributed by atoms with Gasteiger partial charge in [-0.1, -0.05) is 42.0 Å². The van der Waals surface area contributed by atoms with E-state index in [1.54, 1.807) is 12.2 Å². The van der Waals surface area contributed by atoms with Crippen molar-refractivity contribution in [2.75, 3.05) is 6.61 Å². The van der Waals surface area contributed by atoms with E-state index in [-0.39, 0.29) is 0 Å². The third kappa shape index (κ3) is 3.99. The van der Waals surface area contributed by atoms with Crippen molar-refractivity contribution in [3.05, 3.63) is 71.4 Å². The van der Waals surface area contributed by atoms with Crippen molar-refractivity contribution < 1.29 is 14.6 Å². The minimum Gasteiger partial charge on any atom is -0.488 e. The van der Waals surface area contributed by atoms with E-state index in [4.69, 9.17) is 9.84 Å². The Morgan fingerprint density at radius 3 is 2.85 bits per heavy atom. The first kappa shape index (κ1) is 13.9. The number of benzene rings is 1. The number of ether oxygens (including phenoxy) is 1. The number of hydrogen-bond acceptors (Lipinski definition) is 2. The third-order valence-electron chi connectivity index (χ3n) is 2.78. The van der Waals surface area contributed by atoms with Gasteiger partial charge in [0, 0.05) is 11.6 Å². The van der Waals surface area contributed by atoms with Crippen LogP contribution in [-0.2, 0) is 4.79 Å². The van der Waals surface area contributed by atoms with Gasteiger partial charge in [0.2, 0.25) is 0 Å². The molecule has 2 rings (SSSR count). The van der Waals surface area contributed by atoms with Gasteiger partial charge in [-0.3, -0.25) is 0 Å². The predicted molar refractivity (Wildman–Crippen MR) is 79.7 cm³/mol. The van der Waals surface area contributed by atoms with Gasteiger partial charge in [-0.15, -0.1) is 0 Å². The van der Waals surface area contributed by atoms with Crippen molar-refractivity contribution >= 4 is 12.0 Å². The summed E-state index contributed by atoms with van der Waals surface area (Å²) in [5, 5.41) is 8.42. The van der Waals surface area contributed by atoms with Crippen molar-refractivity contribution in [2.45, 2.75) is 6.92 Å². The van der Waals surface area contributed by atoms with Crippen molar-refractivity contribution in [1.82, 2.24) is 0 Å². The molecule has 1 aliphatic heterocycles. The maximum atomic E-state index is 10.3.